The van der Waals surface area contributed by atoms with Crippen LogP contribution in [0.1, 0.15) is 23.0 Å². The van der Waals surface area contributed by atoms with E-state index in [2.05, 4.69) is 15.0 Å². The molecule has 0 fully saturated rings. The third kappa shape index (κ3) is 3.62. The minimum absolute atomic E-state index is 0.00413. The predicted octanol–water partition coefficient (Wildman–Crippen LogP) is 3.19. The molecule has 0 spiro atoms. The summed E-state index contributed by atoms with van der Waals surface area (Å²) in [7, 11) is 3.17. The first-order valence-corrected chi connectivity index (χ1v) is 8.49. The summed E-state index contributed by atoms with van der Waals surface area (Å²) in [6.07, 6.45) is 3.81. The first-order valence-electron chi connectivity index (χ1n) is 8.49. The lowest BCUT2D eigenvalue weighted by atomic mass is 9.96. The van der Waals surface area contributed by atoms with Crippen LogP contribution in [0, 0.1) is 5.82 Å². The molecule has 1 aromatic carbocycles. The number of anilines is 1. The number of pyridine rings is 1. The molecule has 7 heteroatoms. The van der Waals surface area contributed by atoms with E-state index >= 15 is 0 Å². The summed E-state index contributed by atoms with van der Waals surface area (Å²) in [6.45, 7) is 1.99. The molecule has 0 aliphatic carbocycles. The van der Waals surface area contributed by atoms with Gasteiger partial charge in [-0.25, -0.2) is 19.3 Å². The molecule has 0 aliphatic heterocycles. The van der Waals surface area contributed by atoms with Crippen molar-refractivity contribution < 1.29 is 9.18 Å². The number of carbonyl (C=O) groups excluding carboxylic acids is 1. The van der Waals surface area contributed by atoms with Gasteiger partial charge in [-0.1, -0.05) is 6.92 Å². The highest BCUT2D eigenvalue weighted by molar-refractivity contribution is 5.96. The Bertz CT molecular complexity index is 986. The summed E-state index contributed by atoms with van der Waals surface area (Å²) in [5, 5.41) is 0. The number of nitrogens with zero attached hydrogens (tertiary/aromatic N) is 4. The number of amides is 1. The summed E-state index contributed by atoms with van der Waals surface area (Å²) < 4.78 is 14.2. The van der Waals surface area contributed by atoms with Crippen molar-refractivity contribution in [2.45, 2.75) is 13.3 Å². The van der Waals surface area contributed by atoms with Crippen LogP contribution in [0.5, 0.6) is 0 Å². The third-order valence-electron chi connectivity index (χ3n) is 4.21. The van der Waals surface area contributed by atoms with E-state index in [4.69, 9.17) is 5.73 Å². The van der Waals surface area contributed by atoms with Gasteiger partial charge < -0.3 is 10.6 Å². The number of nitrogens with two attached hydrogens (primary N) is 1. The van der Waals surface area contributed by atoms with Crippen LogP contribution in [-0.2, 0) is 6.42 Å². The quantitative estimate of drug-likeness (QED) is 0.767. The van der Waals surface area contributed by atoms with Crippen molar-refractivity contribution in [1.29, 1.82) is 0 Å². The number of benzene rings is 1. The molecular formula is C20H20FN5O. The summed E-state index contributed by atoms with van der Waals surface area (Å²) >= 11 is 0. The Morgan fingerprint density at radius 2 is 1.85 bits per heavy atom. The van der Waals surface area contributed by atoms with E-state index in [1.54, 1.807) is 32.4 Å². The van der Waals surface area contributed by atoms with Gasteiger partial charge in [-0.15, -0.1) is 0 Å². The highest BCUT2D eigenvalue weighted by atomic mass is 19.1. The van der Waals surface area contributed by atoms with Gasteiger partial charge in [0.2, 0.25) is 0 Å². The van der Waals surface area contributed by atoms with Gasteiger partial charge >= 0.3 is 0 Å². The maximum absolute atomic E-state index is 14.2. The molecule has 0 saturated heterocycles. The summed E-state index contributed by atoms with van der Waals surface area (Å²) in [5.74, 6) is -0.566. The Hall–Kier alpha value is -3.35. The molecule has 1 amide bonds. The maximum atomic E-state index is 14.2. The molecule has 2 N–H and O–H groups in total. The van der Waals surface area contributed by atoms with Crippen molar-refractivity contribution in [2.75, 3.05) is 19.8 Å². The van der Waals surface area contributed by atoms with Crippen molar-refractivity contribution in [3.63, 3.8) is 0 Å². The van der Waals surface area contributed by atoms with Gasteiger partial charge in [0, 0.05) is 37.0 Å². The second-order valence-electron chi connectivity index (χ2n) is 6.26. The van der Waals surface area contributed by atoms with Crippen LogP contribution in [0.3, 0.4) is 0 Å². The molecule has 3 rings (SSSR count). The summed E-state index contributed by atoms with van der Waals surface area (Å²) in [6, 6.07) is 7.96. The first kappa shape index (κ1) is 18.4. The number of aryl methyl sites for hydroxylation is 1. The van der Waals surface area contributed by atoms with Crippen LogP contribution in [-0.4, -0.2) is 39.9 Å². The maximum Gasteiger partial charge on any atom is 0.256 e. The van der Waals surface area contributed by atoms with Crippen LogP contribution >= 0.6 is 0 Å². The number of hydrogen-bond donors (Lipinski definition) is 1. The zero-order valence-corrected chi connectivity index (χ0v) is 15.4. The molecular weight excluding hydrogens is 345 g/mol. The van der Waals surface area contributed by atoms with E-state index in [1.165, 1.54) is 23.4 Å². The number of hydrogen-bond acceptors (Lipinski definition) is 5. The number of rotatable bonds is 4. The Balaban J connectivity index is 2.22. The van der Waals surface area contributed by atoms with E-state index in [-0.39, 0.29) is 5.56 Å². The standard InChI is InChI=1S/C20H20FN5O/c1-4-16-18(13-6-8-17(22)23-10-13)19(25-11-24-16)12-5-7-15(21)14(9-12)20(27)26(2)3/h5-11H,4H2,1-3H3,(H2,22,23). The van der Waals surface area contributed by atoms with E-state index in [0.29, 0.717) is 23.5 Å². The van der Waals surface area contributed by atoms with E-state index in [1.807, 2.05) is 13.0 Å². The van der Waals surface area contributed by atoms with Crippen LogP contribution in [0.15, 0.2) is 42.9 Å². The Morgan fingerprint density at radius 3 is 2.48 bits per heavy atom. The topological polar surface area (TPSA) is 85.0 Å². The molecule has 6 nitrogen and oxygen atoms in total. The molecule has 2 aromatic heterocycles. The average molecular weight is 365 g/mol. The highest BCUT2D eigenvalue weighted by Crippen LogP contribution is 2.33. The third-order valence-corrected chi connectivity index (χ3v) is 4.21. The normalized spacial score (nSPS) is 10.7. The van der Waals surface area contributed by atoms with Gasteiger partial charge in [0.05, 0.1) is 17.0 Å². The number of nitrogen functional groups attached to an aromatic ring is 1. The zero-order chi connectivity index (χ0) is 19.6. The fraction of sp³-hybridized carbons (Fsp3) is 0.200. The first-order chi connectivity index (χ1) is 12.9. The number of halogens is 1. The molecule has 3 aromatic rings. The van der Waals surface area contributed by atoms with Crippen molar-refractivity contribution in [3.05, 3.63) is 59.9 Å². The van der Waals surface area contributed by atoms with Crippen molar-refractivity contribution >= 4 is 11.7 Å². The second-order valence-corrected chi connectivity index (χ2v) is 6.26. The molecule has 27 heavy (non-hydrogen) atoms. The molecule has 0 radical (unpaired) electrons. The van der Waals surface area contributed by atoms with Crippen LogP contribution in [0.25, 0.3) is 22.4 Å². The highest BCUT2D eigenvalue weighted by Gasteiger charge is 2.19. The van der Waals surface area contributed by atoms with E-state index in [0.717, 1.165) is 16.8 Å². The van der Waals surface area contributed by atoms with Gasteiger partial charge in [0.25, 0.3) is 5.91 Å². The van der Waals surface area contributed by atoms with Crippen molar-refractivity contribution in [3.8, 4) is 22.4 Å². The second kappa shape index (κ2) is 7.49. The predicted molar refractivity (Wildman–Crippen MR) is 102 cm³/mol. The Morgan fingerprint density at radius 1 is 1.11 bits per heavy atom. The summed E-state index contributed by atoms with van der Waals surface area (Å²) in [5.41, 5.74) is 9.37. The molecule has 0 atom stereocenters. The van der Waals surface area contributed by atoms with Gasteiger partial charge in [-0.2, -0.15) is 0 Å². The van der Waals surface area contributed by atoms with Gasteiger partial charge in [-0.3, -0.25) is 4.79 Å². The Kier molecular flexibility index (Phi) is 5.12. The lowest BCUT2D eigenvalue weighted by Crippen LogP contribution is -2.22. The molecule has 0 unspecified atom stereocenters. The van der Waals surface area contributed by atoms with Gasteiger partial charge in [0.15, 0.2) is 0 Å². The largest absolute Gasteiger partial charge is 0.384 e. The molecule has 0 aliphatic rings. The van der Waals surface area contributed by atoms with Crippen LogP contribution < -0.4 is 5.73 Å². The smallest absolute Gasteiger partial charge is 0.256 e. The molecule has 0 bridgehead atoms. The fourth-order valence-electron chi connectivity index (χ4n) is 2.84. The van der Waals surface area contributed by atoms with Crippen molar-refractivity contribution in [2.24, 2.45) is 0 Å². The minimum Gasteiger partial charge on any atom is -0.384 e. The average Bonchev–Trinajstić information content (AvgIpc) is 2.68. The van der Waals surface area contributed by atoms with Crippen molar-refractivity contribution in [1.82, 2.24) is 19.9 Å². The molecule has 2 heterocycles. The molecule has 138 valence electrons. The van der Waals surface area contributed by atoms with E-state index in [9.17, 15) is 9.18 Å². The SMILES string of the molecule is CCc1ncnc(-c2ccc(F)c(C(=O)N(C)C)c2)c1-c1ccc(N)nc1. The fourth-order valence-corrected chi connectivity index (χ4v) is 2.84. The number of aromatic nitrogens is 3. The van der Waals surface area contributed by atoms with Gasteiger partial charge in [0.1, 0.15) is 18.0 Å². The zero-order valence-electron chi connectivity index (χ0n) is 15.4. The van der Waals surface area contributed by atoms with Crippen LogP contribution in [0.4, 0.5) is 10.2 Å². The Labute approximate surface area is 156 Å². The minimum atomic E-state index is -0.571. The lowest BCUT2D eigenvalue weighted by molar-refractivity contribution is 0.0823. The monoisotopic (exact) mass is 365 g/mol. The van der Waals surface area contributed by atoms with Gasteiger partial charge in [-0.05, 0) is 36.8 Å². The molecule has 0 saturated carbocycles. The number of carbonyl (C=O) groups is 1. The summed E-state index contributed by atoms with van der Waals surface area (Å²) in [4.78, 5) is 26.6. The van der Waals surface area contributed by atoms with Crippen LogP contribution in [0.2, 0.25) is 0 Å². The lowest BCUT2D eigenvalue weighted by Gasteiger charge is -2.15. The van der Waals surface area contributed by atoms with E-state index < -0.39 is 11.7 Å².